The zero-order valence-electron chi connectivity index (χ0n) is 25.9. The minimum Gasteiger partial charge on any atom is -0.561 e. The summed E-state index contributed by atoms with van der Waals surface area (Å²) in [6, 6.07) is 23.2. The monoisotopic (exact) mass is 611 g/mol. The van der Waals surface area contributed by atoms with Gasteiger partial charge < -0.3 is 19.8 Å². The predicted molar refractivity (Wildman–Crippen MR) is 174 cm³/mol. The van der Waals surface area contributed by atoms with E-state index in [2.05, 4.69) is 54.6 Å². The highest BCUT2D eigenvalue weighted by atomic mass is 28.4. The molecular weight excluding hydrogens is 573 g/mol. The molecule has 0 bridgehead atoms. The number of fused-ring (bicyclic) bond motifs is 1. The smallest absolute Gasteiger partial charge is 0.251 e. The van der Waals surface area contributed by atoms with E-state index in [0.29, 0.717) is 36.1 Å². The molecule has 10 heteroatoms. The number of hydrogen-bond donors (Lipinski definition) is 2. The van der Waals surface area contributed by atoms with E-state index in [4.69, 9.17) is 9.16 Å². The molecule has 2 N–H and O–H groups in total. The molecule has 8 nitrogen and oxygen atoms in total. The van der Waals surface area contributed by atoms with Crippen molar-refractivity contribution >= 4 is 31.5 Å². The number of nitrogens with zero attached hydrogens (tertiary/aromatic N) is 3. The lowest BCUT2D eigenvalue weighted by Crippen LogP contribution is -2.40. The van der Waals surface area contributed by atoms with Gasteiger partial charge in [0.25, 0.3) is 5.91 Å². The number of aromatic nitrogens is 3. The molecule has 0 saturated carbocycles. The Hall–Kier alpha value is -4.54. The van der Waals surface area contributed by atoms with E-state index in [0.717, 1.165) is 27.9 Å². The molecule has 0 aliphatic rings. The van der Waals surface area contributed by atoms with E-state index in [-0.39, 0.29) is 16.8 Å². The van der Waals surface area contributed by atoms with E-state index in [1.807, 2.05) is 48.7 Å². The van der Waals surface area contributed by atoms with Crippen molar-refractivity contribution in [1.82, 2.24) is 19.9 Å². The Morgan fingerprint density at radius 2 is 1.61 bits per heavy atom. The molecule has 44 heavy (non-hydrogen) atoms. The van der Waals surface area contributed by atoms with Crippen LogP contribution in [0.5, 0.6) is 5.75 Å². The summed E-state index contributed by atoms with van der Waals surface area (Å²) in [5.74, 6) is 0.623. The first kappa shape index (κ1) is 30.9. The largest absolute Gasteiger partial charge is 0.561 e. The number of amides is 1. The third-order valence-corrected chi connectivity index (χ3v) is 12.6. The molecule has 5 rings (SSSR count). The number of rotatable bonds is 10. The van der Waals surface area contributed by atoms with Gasteiger partial charge in [-0.25, -0.2) is 8.91 Å². The molecule has 0 atom stereocenters. The molecule has 3 aromatic carbocycles. The summed E-state index contributed by atoms with van der Waals surface area (Å²) >= 11 is 0. The average Bonchev–Trinajstić information content (AvgIpc) is 3.41. The molecule has 0 spiro atoms. The van der Waals surface area contributed by atoms with Crippen molar-refractivity contribution in [2.24, 2.45) is 0 Å². The third kappa shape index (κ3) is 7.15. The van der Waals surface area contributed by atoms with Crippen molar-refractivity contribution in [2.45, 2.75) is 52.1 Å². The number of pyridine rings is 1. The van der Waals surface area contributed by atoms with Gasteiger partial charge >= 0.3 is 0 Å². The van der Waals surface area contributed by atoms with Gasteiger partial charge in [0.05, 0.1) is 12.8 Å². The van der Waals surface area contributed by atoms with Crippen molar-refractivity contribution in [2.75, 3.05) is 12.4 Å². The number of hydrogen-bond acceptors (Lipinski definition) is 6. The van der Waals surface area contributed by atoms with Crippen LogP contribution in [0.25, 0.3) is 16.8 Å². The zero-order valence-corrected chi connectivity index (χ0v) is 26.9. The summed E-state index contributed by atoms with van der Waals surface area (Å²) < 4.78 is 26.9. The highest BCUT2D eigenvalue weighted by Crippen LogP contribution is 2.37. The second-order valence-electron chi connectivity index (χ2n) is 12.3. The summed E-state index contributed by atoms with van der Waals surface area (Å²) in [4.78, 5) is 17.2. The third-order valence-electron chi connectivity index (χ3n) is 8.10. The molecule has 2 aromatic heterocycles. The fourth-order valence-electron chi connectivity index (χ4n) is 4.34. The summed E-state index contributed by atoms with van der Waals surface area (Å²) in [5.41, 5.74) is 5.71. The van der Waals surface area contributed by atoms with Gasteiger partial charge in [0.15, 0.2) is 5.65 Å². The summed E-state index contributed by atoms with van der Waals surface area (Å²) in [5, 5.41) is 10.9. The number of benzene rings is 3. The van der Waals surface area contributed by atoms with Gasteiger partial charge in [-0.05, 0) is 73.5 Å². The van der Waals surface area contributed by atoms with Crippen LogP contribution in [0.3, 0.4) is 0 Å². The zero-order chi connectivity index (χ0) is 31.5. The molecular formula is C34H38FN5O3Si-. The fourth-order valence-corrected chi connectivity index (χ4v) is 5.30. The van der Waals surface area contributed by atoms with Gasteiger partial charge in [-0.3, -0.25) is 4.79 Å². The van der Waals surface area contributed by atoms with Gasteiger partial charge in [-0.15, -0.1) is 23.2 Å². The van der Waals surface area contributed by atoms with Gasteiger partial charge in [0.1, 0.15) is 11.6 Å². The normalized spacial score (nSPS) is 11.9. The molecule has 5 aromatic rings. The molecule has 0 radical (unpaired) electrons. The quantitative estimate of drug-likeness (QED) is 0.157. The molecule has 2 heterocycles. The number of methoxy groups -OCH3 is 1. The minimum atomic E-state index is -1.87. The highest BCUT2D eigenvalue weighted by Gasteiger charge is 2.24. The van der Waals surface area contributed by atoms with Crippen molar-refractivity contribution < 1.29 is 18.3 Å². The fraction of sp³-hybridized carbons (Fsp3) is 0.265. The van der Waals surface area contributed by atoms with Crippen LogP contribution in [0.1, 0.15) is 42.3 Å². The van der Waals surface area contributed by atoms with Crippen molar-refractivity contribution in [1.29, 1.82) is 0 Å². The number of carbonyl (C=O) groups excluding carboxylic acids is 1. The first-order chi connectivity index (χ1) is 20.9. The maximum atomic E-state index is 13.1. The lowest BCUT2D eigenvalue weighted by Gasteiger charge is -2.48. The Bertz CT molecular complexity index is 1760. The van der Waals surface area contributed by atoms with E-state index < -0.39 is 8.32 Å². The lowest BCUT2D eigenvalue weighted by atomic mass is 10.1. The average molecular weight is 612 g/mol. The maximum Gasteiger partial charge on any atom is 0.251 e. The van der Waals surface area contributed by atoms with Gasteiger partial charge in [0, 0.05) is 30.5 Å². The molecule has 0 aliphatic carbocycles. The van der Waals surface area contributed by atoms with E-state index in [9.17, 15) is 9.18 Å². The first-order valence-corrected chi connectivity index (χ1v) is 17.4. The molecule has 0 fully saturated rings. The minimum absolute atomic E-state index is 0.139. The molecule has 229 valence electrons. The van der Waals surface area contributed by atoms with Crippen LogP contribution in [-0.2, 0) is 17.6 Å². The summed E-state index contributed by atoms with van der Waals surface area (Å²) in [6.45, 7) is 12.0. The topological polar surface area (TPSA) is 89.8 Å². The predicted octanol–water partition coefficient (Wildman–Crippen LogP) is 7.74. The van der Waals surface area contributed by atoms with Gasteiger partial charge in [-0.2, -0.15) is 4.98 Å². The maximum absolute atomic E-state index is 13.1. The van der Waals surface area contributed by atoms with Crippen molar-refractivity contribution in [3.8, 4) is 16.9 Å². The second-order valence-corrected chi connectivity index (χ2v) is 17.1. The van der Waals surface area contributed by atoms with E-state index >= 15 is 0 Å². The van der Waals surface area contributed by atoms with Crippen LogP contribution in [-0.4, -0.2) is 35.9 Å². The Labute approximate surface area is 258 Å². The van der Waals surface area contributed by atoms with Gasteiger partial charge in [0.2, 0.25) is 5.95 Å². The van der Waals surface area contributed by atoms with Crippen LogP contribution in [0.2, 0.25) is 18.1 Å². The second kappa shape index (κ2) is 12.6. The first-order valence-electron chi connectivity index (χ1n) is 14.5. The van der Waals surface area contributed by atoms with Crippen molar-refractivity contribution in [3.05, 3.63) is 108 Å². The highest BCUT2D eigenvalue weighted by molar-refractivity contribution is 6.74. The number of anilines is 2. The van der Waals surface area contributed by atoms with Crippen LogP contribution >= 0.6 is 0 Å². The summed E-state index contributed by atoms with van der Waals surface area (Å²) in [6.07, 6.45) is 1.90. The number of nitrogens with one attached hydrogen (secondary N) is 2. The SMILES string of the molecule is COc1cc(CO[Si-](C)(C)C(C)(C)C)ccc1Nc1nc2ccc(-c3ccc(C(=O)NCc4ccc(F)cc4)cc3)cn2n1. The molecule has 0 aliphatic heterocycles. The standard InChI is InChI=1S/C34H38FN5O3Si/c1-34(2,3)44(5,6)43-22-24-9-17-29(30(19-24)42-4)37-33-38-31-18-14-27(21-40(31)39-33)25-10-12-26(13-11-25)32(41)36-20-23-7-15-28(35)16-8-23/h7-19,21H,20,22H2,1-6H3,(H,36,41)(H,37,39)/q-1. The Balaban J connectivity index is 1.25. The Morgan fingerprint density at radius 3 is 2.30 bits per heavy atom. The lowest BCUT2D eigenvalue weighted by molar-refractivity contribution is 0.0951. The van der Waals surface area contributed by atoms with E-state index in [1.54, 1.807) is 35.9 Å². The molecule has 1 amide bonds. The molecule has 0 saturated heterocycles. The van der Waals surface area contributed by atoms with Crippen LogP contribution in [0, 0.1) is 5.82 Å². The van der Waals surface area contributed by atoms with E-state index in [1.165, 1.54) is 12.1 Å². The Kier molecular flexibility index (Phi) is 8.84. The number of ether oxygens (including phenoxy) is 1. The number of carbonyl (C=O) groups is 1. The number of halogens is 1. The van der Waals surface area contributed by atoms with Gasteiger partial charge in [-0.1, -0.05) is 51.1 Å². The Morgan fingerprint density at radius 1 is 0.932 bits per heavy atom. The van der Waals surface area contributed by atoms with Crippen LogP contribution < -0.4 is 15.4 Å². The van der Waals surface area contributed by atoms with Crippen molar-refractivity contribution in [3.63, 3.8) is 0 Å². The van der Waals surface area contributed by atoms with Crippen LogP contribution in [0.15, 0.2) is 85.1 Å². The summed E-state index contributed by atoms with van der Waals surface area (Å²) in [7, 11) is -0.228. The van der Waals surface area contributed by atoms with Crippen LogP contribution in [0.4, 0.5) is 16.0 Å². The molecule has 0 unspecified atom stereocenters.